The molecule has 130 valence electrons. The predicted molar refractivity (Wildman–Crippen MR) is 96.6 cm³/mol. The lowest BCUT2D eigenvalue weighted by atomic mass is 9.57. The lowest BCUT2D eigenvalue weighted by molar-refractivity contribution is -0.0742. The molecule has 0 spiro atoms. The van der Waals surface area contributed by atoms with E-state index in [9.17, 15) is 5.11 Å². The Hall–Kier alpha value is -1.22. The average Bonchev–Trinajstić information content (AvgIpc) is 2.81. The van der Waals surface area contributed by atoms with E-state index in [1.165, 1.54) is 49.2 Å². The number of rotatable bonds is 1. The fraction of sp³-hybridized carbons (Fsp3) is 0.714. The van der Waals surface area contributed by atoms with Crippen molar-refractivity contribution in [1.29, 1.82) is 0 Å². The topological polar surface area (TPSA) is 35.5 Å². The summed E-state index contributed by atoms with van der Waals surface area (Å²) in [5.74, 6) is 2.14. The summed E-state index contributed by atoms with van der Waals surface area (Å²) in [6.07, 6.45) is 10.1. The first-order chi connectivity index (χ1) is 11.4. The second kappa shape index (κ2) is 4.69. The quantitative estimate of drug-likeness (QED) is 0.767. The molecule has 3 heteroatoms. The molecular formula is C21H30N2O. The smallest absolute Gasteiger partial charge is 0.112 e. The maximum Gasteiger partial charge on any atom is 0.112 e. The fourth-order valence-corrected chi connectivity index (χ4v) is 6.85. The molecule has 3 fully saturated rings. The molecule has 0 aromatic rings. The van der Waals surface area contributed by atoms with Crippen LogP contribution in [0.3, 0.4) is 0 Å². The molecule has 4 heterocycles. The highest BCUT2D eigenvalue weighted by molar-refractivity contribution is 5.56. The van der Waals surface area contributed by atoms with Gasteiger partial charge < -0.3 is 10.4 Å². The van der Waals surface area contributed by atoms with E-state index >= 15 is 0 Å². The summed E-state index contributed by atoms with van der Waals surface area (Å²) in [7, 11) is 0. The highest BCUT2D eigenvalue weighted by Gasteiger charge is 2.58. The maximum atomic E-state index is 10.1. The third-order valence-electron chi connectivity index (χ3n) is 7.71. The van der Waals surface area contributed by atoms with Gasteiger partial charge in [0.2, 0.25) is 0 Å². The van der Waals surface area contributed by atoms with Crippen molar-refractivity contribution in [3.8, 4) is 0 Å². The van der Waals surface area contributed by atoms with Crippen LogP contribution in [0.2, 0.25) is 0 Å². The minimum Gasteiger partial charge on any atom is -0.508 e. The number of nitrogens with zero attached hydrogens (tertiary/aromatic N) is 1. The molecular weight excluding hydrogens is 296 g/mol. The van der Waals surface area contributed by atoms with Crippen molar-refractivity contribution in [3.63, 3.8) is 0 Å². The Morgan fingerprint density at radius 3 is 3.00 bits per heavy atom. The second-order valence-electron chi connectivity index (χ2n) is 9.28. The number of nitrogens with one attached hydrogen (secondary N) is 1. The van der Waals surface area contributed by atoms with E-state index in [4.69, 9.17) is 0 Å². The first-order valence-corrected chi connectivity index (χ1v) is 9.82. The lowest BCUT2D eigenvalue weighted by Gasteiger charge is -2.59. The summed E-state index contributed by atoms with van der Waals surface area (Å²) in [5, 5.41) is 14.1. The van der Waals surface area contributed by atoms with Gasteiger partial charge in [0, 0.05) is 30.2 Å². The number of aliphatic hydroxyl groups excluding tert-OH is 1. The number of hydrogen-bond donors (Lipinski definition) is 2. The Labute approximate surface area is 145 Å². The summed E-state index contributed by atoms with van der Waals surface area (Å²) in [5.41, 5.74) is 4.64. The van der Waals surface area contributed by atoms with Gasteiger partial charge in [0.15, 0.2) is 0 Å². The standard InChI is InChI=1S/C21H30N2O/c1-4-14-9-13-11-20(2)18-16(6-8-23(12-13)19(14)20)17-10-15(24)5-7-21(17,3)22-18/h5,10,13-14,19,22,24H,4,6-9,11-12H2,1-3H3/t13?,14-,19?,20+,21?/m0/s1. The highest BCUT2D eigenvalue weighted by Crippen LogP contribution is 2.59. The molecule has 0 aromatic carbocycles. The number of allylic oxidation sites excluding steroid dienone is 1. The van der Waals surface area contributed by atoms with Crippen LogP contribution in [0, 0.1) is 17.3 Å². The first-order valence-electron chi connectivity index (χ1n) is 9.82. The van der Waals surface area contributed by atoms with E-state index in [2.05, 4.69) is 31.0 Å². The summed E-state index contributed by atoms with van der Waals surface area (Å²) >= 11 is 0. The van der Waals surface area contributed by atoms with Gasteiger partial charge in [-0.1, -0.05) is 20.3 Å². The molecule has 6 rings (SSSR count). The number of aliphatic hydroxyl groups is 1. The van der Waals surface area contributed by atoms with Crippen LogP contribution in [0.25, 0.3) is 0 Å². The molecule has 2 saturated heterocycles. The van der Waals surface area contributed by atoms with Crippen LogP contribution in [0.5, 0.6) is 0 Å². The van der Waals surface area contributed by atoms with Gasteiger partial charge in [0.25, 0.3) is 0 Å². The minimum atomic E-state index is -0.0134. The van der Waals surface area contributed by atoms with Gasteiger partial charge in [-0.3, -0.25) is 4.90 Å². The lowest BCUT2D eigenvalue weighted by Crippen LogP contribution is -2.63. The van der Waals surface area contributed by atoms with Crippen LogP contribution in [-0.4, -0.2) is 34.7 Å². The summed E-state index contributed by atoms with van der Waals surface area (Å²) in [4.78, 5) is 2.81. The Morgan fingerprint density at radius 1 is 1.38 bits per heavy atom. The van der Waals surface area contributed by atoms with Crippen molar-refractivity contribution in [2.75, 3.05) is 13.1 Å². The Kier molecular flexibility index (Phi) is 2.94. The molecule has 3 nitrogen and oxygen atoms in total. The molecule has 4 unspecified atom stereocenters. The van der Waals surface area contributed by atoms with Crippen molar-refractivity contribution in [2.24, 2.45) is 17.3 Å². The van der Waals surface area contributed by atoms with Crippen LogP contribution in [0.15, 0.2) is 34.8 Å². The molecule has 4 aliphatic heterocycles. The maximum absolute atomic E-state index is 10.1. The molecule has 1 saturated carbocycles. The van der Waals surface area contributed by atoms with Gasteiger partial charge in [-0.15, -0.1) is 0 Å². The third-order valence-corrected chi connectivity index (χ3v) is 7.71. The van der Waals surface area contributed by atoms with E-state index in [1.807, 2.05) is 12.2 Å². The Morgan fingerprint density at radius 2 is 2.21 bits per heavy atom. The summed E-state index contributed by atoms with van der Waals surface area (Å²) in [6, 6.07) is 0.693. The zero-order valence-electron chi connectivity index (χ0n) is 15.2. The van der Waals surface area contributed by atoms with E-state index < -0.39 is 0 Å². The van der Waals surface area contributed by atoms with Crippen LogP contribution in [0.4, 0.5) is 0 Å². The largest absolute Gasteiger partial charge is 0.508 e. The van der Waals surface area contributed by atoms with E-state index in [0.717, 1.165) is 24.7 Å². The van der Waals surface area contributed by atoms with Crippen molar-refractivity contribution in [2.45, 2.75) is 64.5 Å². The minimum absolute atomic E-state index is 0.0134. The summed E-state index contributed by atoms with van der Waals surface area (Å²) < 4.78 is 0. The molecule has 0 aromatic heterocycles. The van der Waals surface area contributed by atoms with Gasteiger partial charge >= 0.3 is 0 Å². The van der Waals surface area contributed by atoms with Crippen LogP contribution < -0.4 is 5.32 Å². The molecule has 6 aliphatic rings. The Bertz CT molecular complexity index is 690. The molecule has 0 amide bonds. The molecule has 4 bridgehead atoms. The van der Waals surface area contributed by atoms with Crippen molar-refractivity contribution in [1.82, 2.24) is 10.2 Å². The normalized spacial score (nSPS) is 49.0. The Balaban J connectivity index is 1.65. The fourth-order valence-electron chi connectivity index (χ4n) is 6.85. The van der Waals surface area contributed by atoms with Crippen LogP contribution >= 0.6 is 0 Å². The van der Waals surface area contributed by atoms with Crippen molar-refractivity contribution in [3.05, 3.63) is 34.8 Å². The van der Waals surface area contributed by atoms with Crippen molar-refractivity contribution >= 4 is 0 Å². The summed E-state index contributed by atoms with van der Waals surface area (Å²) in [6.45, 7) is 9.71. The van der Waals surface area contributed by atoms with E-state index in [-0.39, 0.29) is 11.0 Å². The van der Waals surface area contributed by atoms with Gasteiger partial charge in [0.1, 0.15) is 5.76 Å². The highest BCUT2D eigenvalue weighted by atomic mass is 16.3. The van der Waals surface area contributed by atoms with Crippen molar-refractivity contribution < 1.29 is 5.11 Å². The monoisotopic (exact) mass is 326 g/mol. The average molecular weight is 326 g/mol. The van der Waals surface area contributed by atoms with Gasteiger partial charge in [-0.25, -0.2) is 0 Å². The van der Waals surface area contributed by atoms with Crippen LogP contribution in [-0.2, 0) is 0 Å². The van der Waals surface area contributed by atoms with Gasteiger partial charge in [-0.2, -0.15) is 0 Å². The molecule has 2 N–H and O–H groups in total. The SMILES string of the molecule is CC[C@H]1CC2CN3CCC4=C(NC5(C)CC=C(O)C=C45)[C@@](C)(C2)C13. The number of fused-ring (bicyclic) bond motifs is 3. The predicted octanol–water partition coefficient (Wildman–Crippen LogP) is 3.90. The van der Waals surface area contributed by atoms with E-state index in [0.29, 0.717) is 11.8 Å². The zero-order chi connectivity index (χ0) is 16.7. The number of piperidine rings is 2. The van der Waals surface area contributed by atoms with Crippen LogP contribution in [0.1, 0.15) is 52.9 Å². The third kappa shape index (κ3) is 1.77. The first kappa shape index (κ1) is 15.1. The van der Waals surface area contributed by atoms with Gasteiger partial charge in [-0.05, 0) is 67.7 Å². The van der Waals surface area contributed by atoms with Gasteiger partial charge in [0.05, 0.1) is 5.54 Å². The zero-order valence-corrected chi connectivity index (χ0v) is 15.2. The molecule has 0 radical (unpaired) electrons. The van der Waals surface area contributed by atoms with E-state index in [1.54, 1.807) is 0 Å². The molecule has 2 aliphatic carbocycles. The molecule has 24 heavy (non-hydrogen) atoms. The molecule has 6 atom stereocenters. The number of hydrogen-bond acceptors (Lipinski definition) is 3. The second-order valence-corrected chi connectivity index (χ2v) is 9.28.